The van der Waals surface area contributed by atoms with Crippen molar-refractivity contribution in [3.05, 3.63) is 322 Å². The molecule has 0 atom stereocenters. The molecule has 402 valence electrons. The summed E-state index contributed by atoms with van der Waals surface area (Å²) in [6.45, 7) is 0. The number of para-hydroxylation sites is 2. The van der Waals surface area contributed by atoms with Crippen LogP contribution in [0.3, 0.4) is 0 Å². The lowest BCUT2D eigenvalue weighted by atomic mass is 9.92. The minimum Gasteiger partial charge on any atom is -0.309 e. The Morgan fingerprint density at radius 3 is 1.06 bits per heavy atom. The van der Waals surface area contributed by atoms with Crippen LogP contribution in [-0.2, 0) is 0 Å². The maximum atomic E-state index is 5.59. The topological polar surface area (TPSA) is 48.5 Å². The molecular weight excluding hydrogens is 1040 g/mol. The zero-order valence-electron chi connectivity index (χ0n) is 46.8. The zero-order valence-corrected chi connectivity index (χ0v) is 46.8. The van der Waals surface area contributed by atoms with Gasteiger partial charge in [-0.3, -0.25) is 0 Å². The Morgan fingerprint density at radius 1 is 0.198 bits per heavy atom. The van der Waals surface area contributed by atoms with Crippen LogP contribution in [0.25, 0.3) is 156 Å². The molecule has 0 spiro atoms. The number of benzene rings is 13. The van der Waals surface area contributed by atoms with E-state index in [1.807, 2.05) is 0 Å². The minimum atomic E-state index is 0.564. The third-order valence-electron chi connectivity index (χ3n) is 16.7. The fourth-order valence-electron chi connectivity index (χ4n) is 12.7. The minimum absolute atomic E-state index is 0.564. The van der Waals surface area contributed by atoms with Crippen LogP contribution in [0.1, 0.15) is 0 Å². The Kier molecular flexibility index (Phi) is 12.5. The van der Waals surface area contributed by atoms with Crippen molar-refractivity contribution in [1.29, 1.82) is 0 Å². The van der Waals surface area contributed by atoms with Gasteiger partial charge >= 0.3 is 0 Å². The molecule has 0 unspecified atom stereocenters. The van der Waals surface area contributed by atoms with Gasteiger partial charge < -0.3 is 9.13 Å². The molecule has 0 radical (unpaired) electrons. The molecule has 0 saturated heterocycles. The summed E-state index contributed by atoms with van der Waals surface area (Å²) in [6, 6.07) is 115. The number of fused-ring (bicyclic) bond motifs is 6. The van der Waals surface area contributed by atoms with Gasteiger partial charge in [-0.25, -0.2) is 15.0 Å². The summed E-state index contributed by atoms with van der Waals surface area (Å²) in [4.78, 5) is 16.5. The highest BCUT2D eigenvalue weighted by Gasteiger charge is 2.26. The molecule has 5 nitrogen and oxygen atoms in total. The van der Waals surface area contributed by atoms with Gasteiger partial charge in [-0.2, -0.15) is 0 Å². The van der Waals surface area contributed by atoms with Crippen LogP contribution in [0.4, 0.5) is 0 Å². The maximum Gasteiger partial charge on any atom is 0.164 e. The third-order valence-corrected chi connectivity index (χ3v) is 16.7. The van der Waals surface area contributed by atoms with Gasteiger partial charge in [0.1, 0.15) is 0 Å². The van der Waals surface area contributed by atoms with Crippen LogP contribution in [-0.4, -0.2) is 24.1 Å². The predicted octanol–water partition coefficient (Wildman–Crippen LogP) is 21.1. The monoisotopic (exact) mass is 1100 g/mol. The number of rotatable bonds is 11. The fourth-order valence-corrected chi connectivity index (χ4v) is 12.7. The first-order chi connectivity index (χ1) is 42.6. The van der Waals surface area contributed by atoms with Gasteiger partial charge in [-0.05, 0) is 122 Å². The molecule has 0 amide bonds. The molecule has 3 heterocycles. The van der Waals surface area contributed by atoms with Crippen molar-refractivity contribution in [3.8, 4) is 112 Å². The highest BCUT2D eigenvalue weighted by molar-refractivity contribution is 6.18. The van der Waals surface area contributed by atoms with Crippen LogP contribution in [0.5, 0.6) is 0 Å². The third kappa shape index (κ3) is 8.94. The molecule has 5 heteroatoms. The quantitative estimate of drug-likeness (QED) is 0.130. The van der Waals surface area contributed by atoms with E-state index < -0.39 is 0 Å². The molecule has 86 heavy (non-hydrogen) atoms. The molecular formula is C81H53N5. The summed E-state index contributed by atoms with van der Waals surface area (Å²) >= 11 is 0. The number of hydrogen-bond acceptors (Lipinski definition) is 3. The lowest BCUT2D eigenvalue weighted by Crippen LogP contribution is -2.04. The number of aromatic nitrogens is 5. The molecule has 0 saturated carbocycles. The van der Waals surface area contributed by atoms with Gasteiger partial charge in [-0.15, -0.1) is 0 Å². The van der Waals surface area contributed by atoms with Gasteiger partial charge in [0.15, 0.2) is 17.5 Å². The Labute approximate surface area is 498 Å². The van der Waals surface area contributed by atoms with Gasteiger partial charge in [0.25, 0.3) is 0 Å². The molecule has 0 N–H and O–H groups in total. The molecule has 0 fully saturated rings. The molecule has 0 aliphatic carbocycles. The second-order valence-electron chi connectivity index (χ2n) is 21.9. The molecule has 13 aromatic carbocycles. The summed E-state index contributed by atoms with van der Waals surface area (Å²) in [6.07, 6.45) is 0. The largest absolute Gasteiger partial charge is 0.309 e. The van der Waals surface area contributed by atoms with E-state index in [4.69, 9.17) is 15.0 Å². The van der Waals surface area contributed by atoms with Crippen molar-refractivity contribution in [1.82, 2.24) is 24.1 Å². The van der Waals surface area contributed by atoms with E-state index in [2.05, 4.69) is 331 Å². The molecule has 3 aromatic heterocycles. The van der Waals surface area contributed by atoms with Crippen LogP contribution in [0.15, 0.2) is 322 Å². The Morgan fingerprint density at radius 2 is 0.558 bits per heavy atom. The first kappa shape index (κ1) is 50.2. The Bertz CT molecular complexity index is 5000. The fraction of sp³-hybridized carbons (Fsp3) is 0. The lowest BCUT2D eigenvalue weighted by Gasteiger charge is -2.21. The zero-order chi connectivity index (χ0) is 56.9. The van der Waals surface area contributed by atoms with Crippen LogP contribution in [0.2, 0.25) is 0 Å². The van der Waals surface area contributed by atoms with E-state index in [-0.39, 0.29) is 0 Å². The number of nitrogens with zero attached hydrogens (tertiary/aromatic N) is 5. The van der Waals surface area contributed by atoms with E-state index in [1.54, 1.807) is 0 Å². The molecule has 0 aliphatic rings. The van der Waals surface area contributed by atoms with Crippen LogP contribution >= 0.6 is 0 Å². The van der Waals surface area contributed by atoms with Crippen molar-refractivity contribution < 1.29 is 0 Å². The predicted molar refractivity (Wildman–Crippen MR) is 357 cm³/mol. The Balaban J connectivity index is 0.977. The Hall–Kier alpha value is -11.5. The average molecular weight is 1100 g/mol. The second kappa shape index (κ2) is 21.3. The average Bonchev–Trinajstić information content (AvgIpc) is 1.75. The maximum absolute atomic E-state index is 5.59. The van der Waals surface area contributed by atoms with Crippen molar-refractivity contribution in [3.63, 3.8) is 0 Å². The summed E-state index contributed by atoms with van der Waals surface area (Å²) < 4.78 is 4.94. The van der Waals surface area contributed by atoms with Crippen LogP contribution < -0.4 is 0 Å². The van der Waals surface area contributed by atoms with Gasteiger partial charge in [0.05, 0.1) is 27.8 Å². The van der Waals surface area contributed by atoms with E-state index in [9.17, 15) is 0 Å². The molecule has 16 rings (SSSR count). The van der Waals surface area contributed by atoms with Crippen LogP contribution in [0, 0.1) is 0 Å². The van der Waals surface area contributed by atoms with Crippen molar-refractivity contribution in [2.45, 2.75) is 0 Å². The van der Waals surface area contributed by atoms with Gasteiger partial charge in [0, 0.05) is 55.0 Å². The van der Waals surface area contributed by atoms with Gasteiger partial charge in [-0.1, -0.05) is 255 Å². The lowest BCUT2D eigenvalue weighted by molar-refractivity contribution is 1.07. The number of hydrogen-bond donors (Lipinski definition) is 0. The van der Waals surface area contributed by atoms with E-state index >= 15 is 0 Å². The molecule has 0 aliphatic heterocycles. The molecule has 16 aromatic rings. The highest BCUT2D eigenvalue weighted by Crippen LogP contribution is 2.47. The van der Waals surface area contributed by atoms with Crippen molar-refractivity contribution in [2.75, 3.05) is 0 Å². The summed E-state index contributed by atoms with van der Waals surface area (Å²) in [7, 11) is 0. The SMILES string of the molecule is c1ccc(-c2ccc(-c3nc(-c4cc(-c5ccccc5)cc(-c5ccccc5)c4)nc(-c4cc(-c5ccccc5)c(-n5c6ccc(-n7c8ccccc8c8ccccc87)cc6c6c(-c7ccccc7)cccc65)c(-c5ccccc5)c4)n3)cc2)cc1. The second-order valence-corrected chi connectivity index (χ2v) is 21.9. The standard InChI is InChI=1S/C81H53N5/c1-7-24-54(25-8-1)57-42-44-61(45-43-57)79-82-80(64-49-62(55-26-9-2-10-27-55)48-63(50-64)56-28-11-3-12-29-56)84-81(83-79)65-51-70(59-32-15-5-16-33-59)78(71(52-65)60-34-17-6-18-35-60)86-75-47-46-66(85-73-39-21-19-36-68(73)69-37-20-22-40-74(69)85)53-72(75)77-67(38-23-41-76(77)86)58-30-13-4-14-31-58/h1-53H. The van der Waals surface area contributed by atoms with Crippen molar-refractivity contribution >= 4 is 43.6 Å². The smallest absolute Gasteiger partial charge is 0.164 e. The van der Waals surface area contributed by atoms with Crippen molar-refractivity contribution in [2.24, 2.45) is 0 Å². The highest BCUT2D eigenvalue weighted by atomic mass is 15.0. The van der Waals surface area contributed by atoms with E-state index in [0.717, 1.165) is 106 Å². The summed E-state index contributed by atoms with van der Waals surface area (Å²) in [5.41, 5.74) is 22.4. The summed E-state index contributed by atoms with van der Waals surface area (Å²) in [5.74, 6) is 1.72. The molecule has 0 bridgehead atoms. The van der Waals surface area contributed by atoms with Gasteiger partial charge in [0.2, 0.25) is 0 Å². The first-order valence-corrected chi connectivity index (χ1v) is 29.2. The normalized spacial score (nSPS) is 11.5. The summed E-state index contributed by atoms with van der Waals surface area (Å²) in [5, 5.41) is 4.79. The van der Waals surface area contributed by atoms with E-state index in [1.165, 1.54) is 32.8 Å². The van der Waals surface area contributed by atoms with E-state index in [0.29, 0.717) is 17.5 Å². The first-order valence-electron chi connectivity index (χ1n) is 29.2.